The first-order valence-electron chi connectivity index (χ1n) is 9.16. The average molecular weight is 366 g/mol. The number of nitrogens with zero attached hydrogens (tertiary/aromatic N) is 4. The van der Waals surface area contributed by atoms with E-state index >= 15 is 0 Å². The maximum Gasteiger partial charge on any atom is 0.225 e. The Kier molecular flexibility index (Phi) is 4.75. The number of para-hydroxylation sites is 1. The van der Waals surface area contributed by atoms with Crippen LogP contribution >= 0.6 is 0 Å². The second-order valence-corrected chi connectivity index (χ2v) is 6.93. The Labute approximate surface area is 158 Å². The van der Waals surface area contributed by atoms with Gasteiger partial charge in [0.2, 0.25) is 12.4 Å². The first kappa shape index (κ1) is 17.5. The highest BCUT2D eigenvalue weighted by Gasteiger charge is 2.30. The minimum atomic E-state index is 0.0517. The summed E-state index contributed by atoms with van der Waals surface area (Å²) in [6.45, 7) is 2.71. The van der Waals surface area contributed by atoms with Crippen molar-refractivity contribution in [1.82, 2.24) is 14.9 Å². The van der Waals surface area contributed by atoms with Crippen LogP contribution in [0.5, 0.6) is 5.75 Å². The molecular weight excluding hydrogens is 344 g/mol. The zero-order valence-corrected chi connectivity index (χ0v) is 15.3. The summed E-state index contributed by atoms with van der Waals surface area (Å²) in [4.78, 5) is 36.5. The molecule has 0 saturated carbocycles. The zero-order valence-electron chi connectivity index (χ0n) is 15.3. The Morgan fingerprint density at radius 2 is 1.93 bits per heavy atom. The number of hydrogen-bond donors (Lipinski definition) is 0. The summed E-state index contributed by atoms with van der Waals surface area (Å²) in [7, 11) is 1.65. The number of ether oxygens (including phenoxy) is 1. The van der Waals surface area contributed by atoms with E-state index in [1.54, 1.807) is 18.2 Å². The van der Waals surface area contributed by atoms with Crippen molar-refractivity contribution in [1.29, 1.82) is 0 Å². The molecule has 1 amide bonds. The van der Waals surface area contributed by atoms with Gasteiger partial charge in [0, 0.05) is 44.7 Å². The molecule has 1 fully saturated rings. The lowest BCUT2D eigenvalue weighted by molar-refractivity contribution is -0.118. The average Bonchev–Trinajstić information content (AvgIpc) is 2.73. The van der Waals surface area contributed by atoms with Crippen molar-refractivity contribution in [2.75, 3.05) is 38.2 Å². The van der Waals surface area contributed by atoms with Crippen molar-refractivity contribution in [2.45, 2.75) is 18.8 Å². The molecule has 7 nitrogen and oxygen atoms in total. The number of ketones is 1. The molecule has 1 aliphatic heterocycles. The van der Waals surface area contributed by atoms with Crippen LogP contribution in [0.15, 0.2) is 30.5 Å². The number of hydrogen-bond acceptors (Lipinski definition) is 6. The molecule has 1 saturated heterocycles. The maximum absolute atomic E-state index is 12.7. The predicted molar refractivity (Wildman–Crippen MR) is 100 cm³/mol. The van der Waals surface area contributed by atoms with Gasteiger partial charge in [0.05, 0.1) is 18.4 Å². The van der Waals surface area contributed by atoms with Crippen molar-refractivity contribution < 1.29 is 14.3 Å². The van der Waals surface area contributed by atoms with Crippen LogP contribution in [-0.4, -0.2) is 60.4 Å². The summed E-state index contributed by atoms with van der Waals surface area (Å²) in [5.41, 5.74) is 2.46. The molecule has 2 aromatic rings. The SMILES string of the molecule is COc1ccccc1C1CC(=O)c2cnc(N3CCN(C=O)CC3)nc2C1. The van der Waals surface area contributed by atoms with Gasteiger partial charge < -0.3 is 14.5 Å². The first-order valence-corrected chi connectivity index (χ1v) is 9.16. The third kappa shape index (κ3) is 3.37. The van der Waals surface area contributed by atoms with E-state index in [2.05, 4.69) is 9.88 Å². The van der Waals surface area contributed by atoms with Crippen LogP contribution in [0, 0.1) is 0 Å². The van der Waals surface area contributed by atoms with E-state index in [0.717, 1.165) is 23.4 Å². The van der Waals surface area contributed by atoms with Gasteiger partial charge in [0.15, 0.2) is 5.78 Å². The van der Waals surface area contributed by atoms with Crippen molar-refractivity contribution in [3.63, 3.8) is 0 Å². The van der Waals surface area contributed by atoms with Crippen LogP contribution in [0.2, 0.25) is 0 Å². The Balaban J connectivity index is 1.60. The van der Waals surface area contributed by atoms with Crippen LogP contribution in [0.3, 0.4) is 0 Å². The summed E-state index contributed by atoms with van der Waals surface area (Å²) >= 11 is 0. The molecule has 1 aromatic heterocycles. The van der Waals surface area contributed by atoms with Crippen molar-refractivity contribution in [3.8, 4) is 5.75 Å². The van der Waals surface area contributed by atoms with Gasteiger partial charge in [-0.15, -0.1) is 0 Å². The normalized spacial score (nSPS) is 19.6. The molecular formula is C20H22N4O3. The summed E-state index contributed by atoms with van der Waals surface area (Å²) in [6.07, 6.45) is 3.66. The molecule has 7 heteroatoms. The lowest BCUT2D eigenvalue weighted by atomic mass is 9.82. The van der Waals surface area contributed by atoms with E-state index in [1.165, 1.54) is 0 Å². The molecule has 0 bridgehead atoms. The number of rotatable bonds is 4. The quantitative estimate of drug-likeness (QED) is 0.767. The number of aromatic nitrogens is 2. The Bertz CT molecular complexity index is 862. The van der Waals surface area contributed by atoms with E-state index in [0.29, 0.717) is 50.5 Å². The number of benzene rings is 1. The topological polar surface area (TPSA) is 75.6 Å². The second-order valence-electron chi connectivity index (χ2n) is 6.93. The molecule has 1 atom stereocenters. The monoisotopic (exact) mass is 366 g/mol. The van der Waals surface area contributed by atoms with Crippen LogP contribution in [0.1, 0.15) is 34.0 Å². The lowest BCUT2D eigenvalue weighted by Crippen LogP contribution is -2.46. The number of fused-ring (bicyclic) bond motifs is 1. The summed E-state index contributed by atoms with van der Waals surface area (Å²) < 4.78 is 5.48. The van der Waals surface area contributed by atoms with E-state index < -0.39 is 0 Å². The van der Waals surface area contributed by atoms with Crippen LogP contribution in [-0.2, 0) is 11.2 Å². The number of amides is 1. The van der Waals surface area contributed by atoms with Crippen LogP contribution < -0.4 is 9.64 Å². The Hall–Kier alpha value is -2.96. The van der Waals surface area contributed by atoms with Crippen molar-refractivity contribution in [2.24, 2.45) is 0 Å². The van der Waals surface area contributed by atoms with Gasteiger partial charge >= 0.3 is 0 Å². The van der Waals surface area contributed by atoms with Gasteiger partial charge in [-0.3, -0.25) is 9.59 Å². The van der Waals surface area contributed by atoms with Gasteiger partial charge in [-0.1, -0.05) is 18.2 Å². The Morgan fingerprint density at radius 1 is 1.15 bits per heavy atom. The summed E-state index contributed by atoms with van der Waals surface area (Å²) in [5.74, 6) is 1.56. The minimum absolute atomic E-state index is 0.0517. The fraction of sp³-hybridized carbons (Fsp3) is 0.400. The fourth-order valence-corrected chi connectivity index (χ4v) is 3.84. The van der Waals surface area contributed by atoms with E-state index in [1.807, 2.05) is 24.3 Å². The van der Waals surface area contributed by atoms with Crippen LogP contribution in [0.25, 0.3) is 0 Å². The highest BCUT2D eigenvalue weighted by molar-refractivity contribution is 5.98. The third-order valence-corrected chi connectivity index (χ3v) is 5.35. The second kappa shape index (κ2) is 7.34. The highest BCUT2D eigenvalue weighted by atomic mass is 16.5. The van der Waals surface area contributed by atoms with Gasteiger partial charge in [-0.25, -0.2) is 9.97 Å². The molecule has 4 rings (SSSR count). The molecule has 0 spiro atoms. The van der Waals surface area contributed by atoms with Gasteiger partial charge in [-0.2, -0.15) is 0 Å². The lowest BCUT2D eigenvalue weighted by Gasteiger charge is -2.33. The Morgan fingerprint density at radius 3 is 2.67 bits per heavy atom. The molecule has 1 aliphatic carbocycles. The minimum Gasteiger partial charge on any atom is -0.496 e. The van der Waals surface area contributed by atoms with Gasteiger partial charge in [0.1, 0.15) is 5.75 Å². The predicted octanol–water partition coefficient (Wildman–Crippen LogP) is 1.68. The smallest absolute Gasteiger partial charge is 0.225 e. The van der Waals surface area contributed by atoms with E-state index in [9.17, 15) is 9.59 Å². The third-order valence-electron chi connectivity index (χ3n) is 5.35. The van der Waals surface area contributed by atoms with Crippen LogP contribution in [0.4, 0.5) is 5.95 Å². The standard InChI is InChI=1S/C20H22N4O3/c1-27-19-5-3-2-4-15(19)14-10-17-16(18(26)11-14)12-21-20(22-17)24-8-6-23(13-25)7-9-24/h2-5,12-14H,6-11H2,1H3. The molecule has 27 heavy (non-hydrogen) atoms. The highest BCUT2D eigenvalue weighted by Crippen LogP contribution is 2.36. The molecule has 1 aromatic carbocycles. The zero-order chi connectivity index (χ0) is 18.8. The van der Waals surface area contributed by atoms with Gasteiger partial charge in [-0.05, 0) is 18.1 Å². The molecule has 2 aliphatic rings. The molecule has 0 N–H and O–H groups in total. The number of piperazine rings is 1. The maximum atomic E-state index is 12.7. The van der Waals surface area contributed by atoms with E-state index in [-0.39, 0.29) is 11.7 Å². The van der Waals surface area contributed by atoms with Crippen molar-refractivity contribution in [3.05, 3.63) is 47.3 Å². The summed E-state index contributed by atoms with van der Waals surface area (Å²) in [5, 5.41) is 0. The molecule has 0 radical (unpaired) electrons. The molecule has 2 heterocycles. The number of Topliss-reactive ketones (excluding diaryl/α,β-unsaturated/α-hetero) is 1. The number of methoxy groups -OCH3 is 1. The first-order chi connectivity index (χ1) is 13.2. The largest absolute Gasteiger partial charge is 0.496 e. The van der Waals surface area contributed by atoms with Gasteiger partial charge in [0.25, 0.3) is 0 Å². The molecule has 1 unspecified atom stereocenters. The number of carbonyl (C=O) groups excluding carboxylic acids is 2. The fourth-order valence-electron chi connectivity index (χ4n) is 3.84. The van der Waals surface area contributed by atoms with Crippen molar-refractivity contribution >= 4 is 18.1 Å². The van der Waals surface area contributed by atoms with E-state index in [4.69, 9.17) is 9.72 Å². The summed E-state index contributed by atoms with van der Waals surface area (Å²) in [6, 6.07) is 7.84. The number of anilines is 1. The molecule has 140 valence electrons. The number of carbonyl (C=O) groups is 2.